The lowest BCUT2D eigenvalue weighted by Crippen LogP contribution is -2.43. The first-order chi connectivity index (χ1) is 12.6. The summed E-state index contributed by atoms with van der Waals surface area (Å²) in [5.74, 6) is 1.71. The highest BCUT2D eigenvalue weighted by atomic mass is 16.5. The van der Waals surface area contributed by atoms with E-state index in [0.717, 1.165) is 25.1 Å². The Kier molecular flexibility index (Phi) is 4.40. The smallest absolute Gasteiger partial charge is 0.264 e. The minimum atomic E-state index is -0.742. The van der Waals surface area contributed by atoms with Crippen LogP contribution in [-0.4, -0.2) is 44.0 Å². The fourth-order valence-corrected chi connectivity index (χ4v) is 3.78. The van der Waals surface area contributed by atoms with E-state index in [0.29, 0.717) is 18.7 Å². The Morgan fingerprint density at radius 1 is 1.35 bits per heavy atom. The Balaban J connectivity index is 1.32. The summed E-state index contributed by atoms with van der Waals surface area (Å²) in [5, 5.41) is 21.4. The molecule has 138 valence electrons. The number of aromatic nitrogens is 3. The molecule has 0 unspecified atom stereocenters. The second kappa shape index (κ2) is 6.72. The standard InChI is InChI=1S/C19H24N4O3/c1-23-12-21-22-17(23)13-9-14(16(24)10-13)11-20-18(25)19(7-8-19)26-15-5-3-2-4-6-15/h2-6,12-14,16,24H,7-11H2,1H3,(H,20,25)/t13-,14+,16+/m0/s1. The first kappa shape index (κ1) is 17.0. The lowest BCUT2D eigenvalue weighted by atomic mass is 10.0. The fourth-order valence-electron chi connectivity index (χ4n) is 3.78. The maximum Gasteiger partial charge on any atom is 0.264 e. The number of aryl methyl sites for hydroxylation is 1. The molecule has 2 saturated carbocycles. The number of amides is 1. The highest BCUT2D eigenvalue weighted by molar-refractivity contribution is 5.88. The number of nitrogens with zero attached hydrogens (tertiary/aromatic N) is 3. The molecule has 0 aliphatic heterocycles. The third kappa shape index (κ3) is 3.31. The Morgan fingerprint density at radius 3 is 2.77 bits per heavy atom. The van der Waals surface area contributed by atoms with Crippen LogP contribution in [0, 0.1) is 5.92 Å². The quantitative estimate of drug-likeness (QED) is 0.817. The molecule has 0 saturated heterocycles. The van der Waals surface area contributed by atoms with Gasteiger partial charge in [0.2, 0.25) is 0 Å². The summed E-state index contributed by atoms with van der Waals surface area (Å²) in [7, 11) is 1.91. The molecule has 1 aromatic carbocycles. The first-order valence-electron chi connectivity index (χ1n) is 9.12. The monoisotopic (exact) mass is 356 g/mol. The number of carbonyl (C=O) groups excluding carboxylic acids is 1. The summed E-state index contributed by atoms with van der Waals surface area (Å²) in [6, 6.07) is 9.43. The van der Waals surface area contributed by atoms with E-state index in [1.54, 1.807) is 6.33 Å². The molecule has 2 aliphatic rings. The zero-order valence-corrected chi connectivity index (χ0v) is 14.8. The van der Waals surface area contributed by atoms with E-state index >= 15 is 0 Å². The Morgan fingerprint density at radius 2 is 2.12 bits per heavy atom. The van der Waals surface area contributed by atoms with E-state index in [4.69, 9.17) is 4.74 Å². The van der Waals surface area contributed by atoms with Crippen LogP contribution in [0.5, 0.6) is 5.75 Å². The highest BCUT2D eigenvalue weighted by Gasteiger charge is 2.53. The average Bonchev–Trinajstić information content (AvgIpc) is 3.14. The van der Waals surface area contributed by atoms with Crippen molar-refractivity contribution in [2.24, 2.45) is 13.0 Å². The van der Waals surface area contributed by atoms with Crippen molar-refractivity contribution in [1.29, 1.82) is 0 Å². The topological polar surface area (TPSA) is 89.3 Å². The van der Waals surface area contributed by atoms with Gasteiger partial charge in [-0.3, -0.25) is 4.79 Å². The minimum Gasteiger partial charge on any atom is -0.477 e. The normalized spacial score (nSPS) is 26.5. The maximum atomic E-state index is 12.6. The maximum absolute atomic E-state index is 12.6. The van der Waals surface area contributed by atoms with Crippen LogP contribution in [0.4, 0.5) is 0 Å². The van der Waals surface area contributed by atoms with Crippen molar-refractivity contribution in [3.63, 3.8) is 0 Å². The van der Waals surface area contributed by atoms with Crippen LogP contribution in [0.3, 0.4) is 0 Å². The lowest BCUT2D eigenvalue weighted by Gasteiger charge is -2.20. The van der Waals surface area contributed by atoms with Gasteiger partial charge in [0.1, 0.15) is 17.9 Å². The van der Waals surface area contributed by atoms with Crippen molar-refractivity contribution in [3.8, 4) is 5.75 Å². The van der Waals surface area contributed by atoms with E-state index in [9.17, 15) is 9.90 Å². The summed E-state index contributed by atoms with van der Waals surface area (Å²) in [4.78, 5) is 12.6. The van der Waals surface area contributed by atoms with Crippen LogP contribution in [0.25, 0.3) is 0 Å². The number of aliphatic hydroxyl groups is 1. The van der Waals surface area contributed by atoms with Gasteiger partial charge in [-0.2, -0.15) is 0 Å². The van der Waals surface area contributed by atoms with Gasteiger partial charge in [0, 0.05) is 38.3 Å². The number of rotatable bonds is 6. The van der Waals surface area contributed by atoms with E-state index in [2.05, 4.69) is 15.5 Å². The van der Waals surface area contributed by atoms with E-state index < -0.39 is 11.7 Å². The zero-order valence-electron chi connectivity index (χ0n) is 14.8. The molecule has 2 aromatic rings. The summed E-state index contributed by atoms with van der Waals surface area (Å²) in [6.45, 7) is 0.453. The predicted octanol–water partition coefficient (Wildman–Crippen LogP) is 1.40. The van der Waals surface area contributed by atoms with Crippen molar-refractivity contribution in [2.75, 3.05) is 6.54 Å². The van der Waals surface area contributed by atoms with Crippen molar-refractivity contribution < 1.29 is 14.6 Å². The molecule has 2 N–H and O–H groups in total. The van der Waals surface area contributed by atoms with Crippen LogP contribution >= 0.6 is 0 Å². The minimum absolute atomic E-state index is 0.0215. The van der Waals surface area contributed by atoms with Gasteiger partial charge in [-0.15, -0.1) is 10.2 Å². The van der Waals surface area contributed by atoms with Gasteiger partial charge in [-0.1, -0.05) is 18.2 Å². The molecule has 26 heavy (non-hydrogen) atoms. The molecule has 1 heterocycles. The van der Waals surface area contributed by atoms with Crippen molar-refractivity contribution >= 4 is 5.91 Å². The van der Waals surface area contributed by atoms with Gasteiger partial charge in [0.05, 0.1) is 6.10 Å². The van der Waals surface area contributed by atoms with Gasteiger partial charge >= 0.3 is 0 Å². The Hall–Kier alpha value is -2.41. The molecule has 0 radical (unpaired) electrons. The molecule has 1 aromatic heterocycles. The van der Waals surface area contributed by atoms with E-state index in [1.807, 2.05) is 41.9 Å². The van der Waals surface area contributed by atoms with Crippen molar-refractivity contribution in [3.05, 3.63) is 42.5 Å². The van der Waals surface area contributed by atoms with Crippen LogP contribution in [-0.2, 0) is 11.8 Å². The number of nitrogens with one attached hydrogen (secondary N) is 1. The molecule has 0 bridgehead atoms. The van der Waals surface area contributed by atoms with Crippen LogP contribution in [0.1, 0.15) is 37.4 Å². The second-order valence-electron chi connectivity index (χ2n) is 7.42. The molecule has 4 rings (SSSR count). The molecular weight excluding hydrogens is 332 g/mol. The van der Waals surface area contributed by atoms with Gasteiger partial charge in [-0.05, 0) is 25.0 Å². The van der Waals surface area contributed by atoms with Crippen molar-refractivity contribution in [1.82, 2.24) is 20.1 Å². The average molecular weight is 356 g/mol. The summed E-state index contributed by atoms with van der Waals surface area (Å²) < 4.78 is 7.81. The zero-order chi connectivity index (χ0) is 18.1. The number of carbonyl (C=O) groups is 1. The van der Waals surface area contributed by atoms with E-state index in [-0.39, 0.29) is 17.7 Å². The fraction of sp³-hybridized carbons (Fsp3) is 0.526. The van der Waals surface area contributed by atoms with Gasteiger partial charge in [0.15, 0.2) is 5.60 Å². The van der Waals surface area contributed by atoms with Crippen LogP contribution in [0.2, 0.25) is 0 Å². The number of hydrogen-bond donors (Lipinski definition) is 2. The van der Waals surface area contributed by atoms with Gasteiger partial charge in [0.25, 0.3) is 5.91 Å². The SMILES string of the molecule is Cn1cnnc1[C@H]1C[C@H](CNC(=O)C2(Oc3ccccc3)CC2)[C@H](O)C1. The van der Waals surface area contributed by atoms with Crippen molar-refractivity contribution in [2.45, 2.75) is 43.3 Å². The summed E-state index contributed by atoms with van der Waals surface area (Å²) in [6.07, 6.45) is 4.13. The summed E-state index contributed by atoms with van der Waals surface area (Å²) in [5.41, 5.74) is -0.742. The Labute approximate surface area is 152 Å². The van der Waals surface area contributed by atoms with Gasteiger partial charge in [-0.25, -0.2) is 0 Å². The largest absolute Gasteiger partial charge is 0.477 e. The third-order valence-electron chi connectivity index (χ3n) is 5.47. The third-order valence-corrected chi connectivity index (χ3v) is 5.47. The van der Waals surface area contributed by atoms with Crippen LogP contribution < -0.4 is 10.1 Å². The number of benzene rings is 1. The highest BCUT2D eigenvalue weighted by Crippen LogP contribution is 2.41. The molecule has 0 spiro atoms. The molecule has 1 amide bonds. The number of para-hydroxylation sites is 1. The molecule has 3 atom stereocenters. The first-order valence-corrected chi connectivity index (χ1v) is 9.12. The number of aliphatic hydroxyl groups excluding tert-OH is 1. The lowest BCUT2D eigenvalue weighted by molar-refractivity contribution is -0.130. The molecule has 2 aliphatic carbocycles. The Bertz CT molecular complexity index is 772. The molecule has 7 heteroatoms. The van der Waals surface area contributed by atoms with Crippen LogP contribution in [0.15, 0.2) is 36.7 Å². The number of hydrogen-bond acceptors (Lipinski definition) is 5. The number of ether oxygens (including phenoxy) is 1. The summed E-state index contributed by atoms with van der Waals surface area (Å²) >= 11 is 0. The second-order valence-corrected chi connectivity index (χ2v) is 7.42. The van der Waals surface area contributed by atoms with Gasteiger partial charge < -0.3 is 19.7 Å². The van der Waals surface area contributed by atoms with E-state index in [1.165, 1.54) is 0 Å². The molecule has 2 fully saturated rings. The molecular formula is C19H24N4O3. The molecule has 7 nitrogen and oxygen atoms in total. The predicted molar refractivity (Wildman–Crippen MR) is 94.5 cm³/mol.